The van der Waals surface area contributed by atoms with Crippen LogP contribution in [0.3, 0.4) is 0 Å². The van der Waals surface area contributed by atoms with E-state index in [1.165, 1.54) is 5.56 Å². The number of rotatable bonds is 3. The summed E-state index contributed by atoms with van der Waals surface area (Å²) < 4.78 is 9.53. The fourth-order valence-corrected chi connectivity index (χ4v) is 1.04. The third-order valence-corrected chi connectivity index (χ3v) is 1.79. The molecule has 0 radical (unpaired) electrons. The Morgan fingerprint density at radius 3 is 2.36 bits per heavy atom. The highest BCUT2D eigenvalue weighted by Crippen LogP contribution is 2.12. The number of hydrogen-bond donors (Lipinski definition) is 0. The largest absolute Gasteiger partial charge is 0.513 e. The Morgan fingerprint density at radius 2 is 1.86 bits per heavy atom. The lowest BCUT2D eigenvalue weighted by Crippen LogP contribution is -2.09. The molecule has 0 N–H and O–H groups in total. The molecule has 3 heteroatoms. The van der Waals surface area contributed by atoms with E-state index < -0.39 is 6.16 Å². The predicted octanol–water partition coefficient (Wildman–Crippen LogP) is 2.78. The van der Waals surface area contributed by atoms with Crippen molar-refractivity contribution in [2.24, 2.45) is 0 Å². The van der Waals surface area contributed by atoms with Crippen molar-refractivity contribution in [3.8, 4) is 5.75 Å². The molecule has 0 aliphatic carbocycles. The Morgan fingerprint density at radius 1 is 1.21 bits per heavy atom. The average molecular weight is 194 g/mol. The molecular weight excluding hydrogens is 180 g/mol. The first-order valence-electron chi connectivity index (χ1n) is 4.69. The van der Waals surface area contributed by atoms with Gasteiger partial charge < -0.3 is 9.47 Å². The number of aryl methyl sites for hydroxylation is 1. The van der Waals surface area contributed by atoms with Gasteiger partial charge >= 0.3 is 6.16 Å². The molecule has 0 aliphatic rings. The van der Waals surface area contributed by atoms with Crippen LogP contribution >= 0.6 is 0 Å². The minimum absolute atomic E-state index is 0.325. The van der Waals surface area contributed by atoms with Crippen LogP contribution in [0.2, 0.25) is 0 Å². The highest BCUT2D eigenvalue weighted by atomic mass is 16.7. The standard InChI is InChI=1S/C11H14O3/c1-3-9-5-7-10(8-6-9)14-11(12)13-4-2/h5-8H,3-4H2,1-2H3. The molecule has 0 unspecified atom stereocenters. The fraction of sp³-hybridized carbons (Fsp3) is 0.364. The van der Waals surface area contributed by atoms with Gasteiger partial charge in [-0.05, 0) is 31.0 Å². The van der Waals surface area contributed by atoms with Crippen molar-refractivity contribution in [1.82, 2.24) is 0 Å². The predicted molar refractivity (Wildman–Crippen MR) is 53.5 cm³/mol. The Bertz CT molecular complexity index is 290. The van der Waals surface area contributed by atoms with Crippen LogP contribution < -0.4 is 4.74 Å². The van der Waals surface area contributed by atoms with Crippen molar-refractivity contribution in [1.29, 1.82) is 0 Å². The molecule has 0 spiro atoms. The minimum Gasteiger partial charge on any atom is -0.434 e. The van der Waals surface area contributed by atoms with Gasteiger partial charge in [-0.15, -0.1) is 0 Å². The molecule has 0 amide bonds. The van der Waals surface area contributed by atoms with Crippen LogP contribution in [0.5, 0.6) is 5.75 Å². The van der Waals surface area contributed by atoms with Gasteiger partial charge in [0.05, 0.1) is 6.61 Å². The number of carbonyl (C=O) groups excluding carboxylic acids is 1. The maximum Gasteiger partial charge on any atom is 0.513 e. The maximum atomic E-state index is 10.9. The molecule has 0 aromatic heterocycles. The summed E-state index contributed by atoms with van der Waals surface area (Å²) in [4.78, 5) is 10.9. The number of benzene rings is 1. The van der Waals surface area contributed by atoms with Crippen LogP contribution in [-0.4, -0.2) is 12.8 Å². The lowest BCUT2D eigenvalue weighted by Gasteiger charge is -2.04. The van der Waals surface area contributed by atoms with Crippen molar-refractivity contribution in [2.45, 2.75) is 20.3 Å². The van der Waals surface area contributed by atoms with E-state index in [2.05, 4.69) is 11.7 Å². The highest BCUT2D eigenvalue weighted by molar-refractivity contribution is 5.63. The molecule has 0 fully saturated rings. The number of hydrogen-bond acceptors (Lipinski definition) is 3. The van der Waals surface area contributed by atoms with E-state index >= 15 is 0 Å². The molecular formula is C11H14O3. The van der Waals surface area contributed by atoms with Crippen molar-refractivity contribution in [3.63, 3.8) is 0 Å². The van der Waals surface area contributed by atoms with E-state index in [1.54, 1.807) is 19.1 Å². The smallest absolute Gasteiger partial charge is 0.434 e. The summed E-state index contributed by atoms with van der Waals surface area (Å²) in [5, 5.41) is 0. The molecule has 14 heavy (non-hydrogen) atoms. The van der Waals surface area contributed by atoms with Gasteiger partial charge in [-0.25, -0.2) is 4.79 Å². The van der Waals surface area contributed by atoms with E-state index in [1.807, 2.05) is 12.1 Å². The van der Waals surface area contributed by atoms with Crippen molar-refractivity contribution in [2.75, 3.05) is 6.61 Å². The second kappa shape index (κ2) is 5.27. The molecule has 1 aromatic carbocycles. The number of ether oxygens (including phenoxy) is 2. The maximum absolute atomic E-state index is 10.9. The van der Waals surface area contributed by atoms with Gasteiger partial charge in [-0.1, -0.05) is 19.1 Å². The van der Waals surface area contributed by atoms with Gasteiger partial charge in [0.2, 0.25) is 0 Å². The van der Waals surface area contributed by atoms with Gasteiger partial charge in [-0.3, -0.25) is 0 Å². The van der Waals surface area contributed by atoms with Crippen LogP contribution in [-0.2, 0) is 11.2 Å². The Hall–Kier alpha value is -1.51. The van der Waals surface area contributed by atoms with E-state index in [0.717, 1.165) is 6.42 Å². The van der Waals surface area contributed by atoms with Gasteiger partial charge in [0.25, 0.3) is 0 Å². The summed E-state index contributed by atoms with van der Waals surface area (Å²) in [6, 6.07) is 7.37. The second-order valence-corrected chi connectivity index (χ2v) is 2.78. The lowest BCUT2D eigenvalue weighted by atomic mass is 10.2. The Kier molecular flexibility index (Phi) is 3.98. The fourth-order valence-electron chi connectivity index (χ4n) is 1.04. The Balaban J connectivity index is 2.55. The molecule has 0 saturated heterocycles. The summed E-state index contributed by atoms with van der Waals surface area (Å²) in [5.74, 6) is 0.514. The first-order valence-corrected chi connectivity index (χ1v) is 4.69. The molecule has 0 bridgehead atoms. The van der Waals surface area contributed by atoms with Crippen LogP contribution in [0.15, 0.2) is 24.3 Å². The second-order valence-electron chi connectivity index (χ2n) is 2.78. The zero-order valence-electron chi connectivity index (χ0n) is 8.45. The van der Waals surface area contributed by atoms with Crippen LogP contribution in [0.1, 0.15) is 19.4 Å². The molecule has 1 rings (SSSR count). The Labute approximate surface area is 83.6 Å². The summed E-state index contributed by atoms with van der Waals surface area (Å²) in [5.41, 5.74) is 1.21. The van der Waals surface area contributed by atoms with Gasteiger partial charge in [0.15, 0.2) is 0 Å². The number of carbonyl (C=O) groups is 1. The normalized spacial score (nSPS) is 9.57. The molecule has 0 heterocycles. The summed E-state index contributed by atoms with van der Waals surface area (Å²) in [6.45, 7) is 4.13. The van der Waals surface area contributed by atoms with E-state index in [4.69, 9.17) is 4.74 Å². The first-order chi connectivity index (χ1) is 6.76. The summed E-state index contributed by atoms with van der Waals surface area (Å²) in [6.07, 6.45) is 0.316. The summed E-state index contributed by atoms with van der Waals surface area (Å²) in [7, 11) is 0. The van der Waals surface area contributed by atoms with Crippen molar-refractivity contribution >= 4 is 6.16 Å². The SMILES string of the molecule is CCOC(=O)Oc1ccc(CC)cc1. The van der Waals surface area contributed by atoms with E-state index in [-0.39, 0.29) is 0 Å². The zero-order valence-corrected chi connectivity index (χ0v) is 8.45. The molecule has 0 atom stereocenters. The van der Waals surface area contributed by atoms with Crippen LogP contribution in [0.4, 0.5) is 4.79 Å². The third-order valence-electron chi connectivity index (χ3n) is 1.79. The molecule has 0 aliphatic heterocycles. The molecule has 0 saturated carbocycles. The third kappa shape index (κ3) is 3.09. The monoisotopic (exact) mass is 194 g/mol. The van der Waals surface area contributed by atoms with Crippen molar-refractivity contribution < 1.29 is 14.3 Å². The minimum atomic E-state index is -0.656. The van der Waals surface area contributed by atoms with E-state index in [0.29, 0.717) is 12.4 Å². The van der Waals surface area contributed by atoms with Crippen LogP contribution in [0, 0.1) is 0 Å². The molecule has 76 valence electrons. The highest BCUT2D eigenvalue weighted by Gasteiger charge is 2.03. The van der Waals surface area contributed by atoms with Gasteiger partial charge in [0.1, 0.15) is 5.75 Å². The van der Waals surface area contributed by atoms with Gasteiger partial charge in [0, 0.05) is 0 Å². The topological polar surface area (TPSA) is 35.5 Å². The zero-order chi connectivity index (χ0) is 10.4. The molecule has 3 nitrogen and oxygen atoms in total. The van der Waals surface area contributed by atoms with Gasteiger partial charge in [-0.2, -0.15) is 0 Å². The quantitative estimate of drug-likeness (QED) is 0.548. The summed E-state index contributed by atoms with van der Waals surface area (Å²) >= 11 is 0. The lowest BCUT2D eigenvalue weighted by molar-refractivity contribution is 0.104. The van der Waals surface area contributed by atoms with Crippen LogP contribution in [0.25, 0.3) is 0 Å². The molecule has 1 aromatic rings. The average Bonchev–Trinajstić information content (AvgIpc) is 2.19. The van der Waals surface area contributed by atoms with E-state index in [9.17, 15) is 4.79 Å². The van der Waals surface area contributed by atoms with Crippen molar-refractivity contribution in [3.05, 3.63) is 29.8 Å². The first kappa shape index (κ1) is 10.6.